The maximum absolute atomic E-state index is 12.7. The molecule has 0 fully saturated rings. The molecule has 19 heavy (non-hydrogen) atoms. The van der Waals surface area contributed by atoms with E-state index >= 15 is 0 Å². The largest absolute Gasteiger partial charge is 0.505 e. The van der Waals surface area contributed by atoms with Crippen LogP contribution in [-0.4, -0.2) is 10.1 Å². The summed E-state index contributed by atoms with van der Waals surface area (Å²) in [5.41, 5.74) is -0.778. The Hall–Kier alpha value is -1.27. The van der Waals surface area contributed by atoms with Crippen molar-refractivity contribution in [2.75, 3.05) is 0 Å². The third-order valence-electron chi connectivity index (χ3n) is 2.42. The number of hydrogen-bond acceptors (Lipinski definition) is 2. The van der Waals surface area contributed by atoms with Gasteiger partial charge in [-0.2, -0.15) is 13.2 Å². The zero-order valence-electron chi connectivity index (χ0n) is 9.17. The third kappa shape index (κ3) is 2.84. The second-order valence-corrected chi connectivity index (χ2v) is 4.94. The number of alkyl halides is 3. The van der Waals surface area contributed by atoms with Gasteiger partial charge in [-0.05, 0) is 34.1 Å². The molecule has 0 bridgehead atoms. The van der Waals surface area contributed by atoms with Crippen LogP contribution in [0.1, 0.15) is 5.56 Å². The molecule has 0 unspecified atom stereocenters. The van der Waals surface area contributed by atoms with Crippen molar-refractivity contribution in [1.29, 1.82) is 0 Å². The van der Waals surface area contributed by atoms with Gasteiger partial charge in [0.1, 0.15) is 5.69 Å². The van der Waals surface area contributed by atoms with Crippen LogP contribution >= 0.6 is 27.5 Å². The summed E-state index contributed by atoms with van der Waals surface area (Å²) in [6.07, 6.45) is -3.18. The average Bonchev–Trinajstić information content (AvgIpc) is 2.32. The Morgan fingerprint density at radius 2 is 1.89 bits per heavy atom. The van der Waals surface area contributed by atoms with Crippen LogP contribution in [0.4, 0.5) is 13.2 Å². The zero-order chi connectivity index (χ0) is 14.2. The molecule has 100 valence electrons. The Bertz CT molecular complexity index is 631. The topological polar surface area (TPSA) is 33.1 Å². The molecule has 1 N–H and O–H groups in total. The highest BCUT2D eigenvalue weighted by Crippen LogP contribution is 2.39. The SMILES string of the molecule is Oc1c(Br)ccnc1-c1ccc(Cl)c(C(F)(F)F)c1. The van der Waals surface area contributed by atoms with Gasteiger partial charge in [-0.1, -0.05) is 17.7 Å². The number of aromatic nitrogens is 1. The molecular weight excluding hydrogens is 346 g/mol. The van der Waals surface area contributed by atoms with E-state index in [1.807, 2.05) is 0 Å². The molecule has 0 aliphatic rings. The maximum atomic E-state index is 12.7. The van der Waals surface area contributed by atoms with Gasteiger partial charge < -0.3 is 5.11 Å². The van der Waals surface area contributed by atoms with Crippen LogP contribution in [0.3, 0.4) is 0 Å². The number of rotatable bonds is 1. The van der Waals surface area contributed by atoms with Crippen LogP contribution in [-0.2, 0) is 6.18 Å². The van der Waals surface area contributed by atoms with Crippen molar-refractivity contribution in [3.05, 3.63) is 45.5 Å². The summed E-state index contributed by atoms with van der Waals surface area (Å²) in [5.74, 6) is -0.224. The highest BCUT2D eigenvalue weighted by molar-refractivity contribution is 9.10. The van der Waals surface area contributed by atoms with Gasteiger partial charge in [0.05, 0.1) is 15.1 Å². The molecule has 0 saturated heterocycles. The molecule has 0 aliphatic carbocycles. The van der Waals surface area contributed by atoms with E-state index < -0.39 is 16.8 Å². The molecule has 0 radical (unpaired) electrons. The smallest absolute Gasteiger partial charge is 0.417 e. The Balaban J connectivity index is 2.62. The minimum absolute atomic E-state index is 0.0524. The van der Waals surface area contributed by atoms with E-state index in [1.165, 1.54) is 18.3 Å². The van der Waals surface area contributed by atoms with E-state index in [-0.39, 0.29) is 17.0 Å². The molecule has 0 atom stereocenters. The van der Waals surface area contributed by atoms with E-state index in [4.69, 9.17) is 11.6 Å². The van der Waals surface area contributed by atoms with Crippen LogP contribution in [0.2, 0.25) is 5.02 Å². The molecule has 2 rings (SSSR count). The van der Waals surface area contributed by atoms with Crippen LogP contribution in [0, 0.1) is 0 Å². The second-order valence-electron chi connectivity index (χ2n) is 3.68. The Kier molecular flexibility index (Phi) is 3.73. The number of nitrogens with zero attached hydrogens (tertiary/aromatic N) is 1. The first-order valence-electron chi connectivity index (χ1n) is 5.01. The summed E-state index contributed by atoms with van der Waals surface area (Å²) in [7, 11) is 0. The van der Waals surface area contributed by atoms with Crippen molar-refractivity contribution in [1.82, 2.24) is 4.98 Å². The molecule has 0 amide bonds. The minimum Gasteiger partial charge on any atom is -0.505 e. The van der Waals surface area contributed by atoms with E-state index in [9.17, 15) is 18.3 Å². The van der Waals surface area contributed by atoms with E-state index in [0.717, 1.165) is 12.1 Å². The van der Waals surface area contributed by atoms with Crippen LogP contribution in [0.15, 0.2) is 34.9 Å². The number of pyridine rings is 1. The van der Waals surface area contributed by atoms with E-state index in [2.05, 4.69) is 20.9 Å². The standard InChI is InChI=1S/C12H6BrClF3NO/c13-8-3-4-18-10(11(8)19)6-1-2-9(14)7(5-6)12(15,16)17/h1-5,19H. The summed E-state index contributed by atoms with van der Waals surface area (Å²) < 4.78 is 38.6. The highest BCUT2D eigenvalue weighted by atomic mass is 79.9. The van der Waals surface area contributed by atoms with Gasteiger partial charge in [-0.3, -0.25) is 4.98 Å². The van der Waals surface area contributed by atoms with Crippen molar-refractivity contribution in [3.8, 4) is 17.0 Å². The van der Waals surface area contributed by atoms with Crippen molar-refractivity contribution < 1.29 is 18.3 Å². The summed E-state index contributed by atoms with van der Waals surface area (Å²) in [5, 5.41) is 9.39. The molecule has 0 aliphatic heterocycles. The average molecular weight is 353 g/mol. The van der Waals surface area contributed by atoms with Gasteiger partial charge in [0.15, 0.2) is 5.75 Å². The second kappa shape index (κ2) is 5.02. The summed E-state index contributed by atoms with van der Waals surface area (Å²) in [6.45, 7) is 0. The van der Waals surface area contributed by atoms with Crippen LogP contribution < -0.4 is 0 Å². The Morgan fingerprint density at radius 1 is 1.21 bits per heavy atom. The number of aromatic hydroxyl groups is 1. The molecule has 1 aromatic heterocycles. The predicted molar refractivity (Wildman–Crippen MR) is 69.0 cm³/mol. The van der Waals surface area contributed by atoms with Gasteiger partial charge >= 0.3 is 6.18 Å². The molecule has 2 aromatic rings. The van der Waals surface area contributed by atoms with Gasteiger partial charge in [0.25, 0.3) is 0 Å². The lowest BCUT2D eigenvalue weighted by molar-refractivity contribution is -0.137. The number of halogens is 5. The first-order valence-corrected chi connectivity index (χ1v) is 6.18. The molecule has 0 saturated carbocycles. The number of hydrogen-bond donors (Lipinski definition) is 1. The minimum atomic E-state index is -4.56. The zero-order valence-corrected chi connectivity index (χ0v) is 11.5. The lowest BCUT2D eigenvalue weighted by Crippen LogP contribution is -2.06. The predicted octanol–water partition coefficient (Wildman–Crippen LogP) is 4.89. The molecule has 0 spiro atoms. The summed E-state index contributed by atoms with van der Waals surface area (Å²) in [6, 6.07) is 4.84. The maximum Gasteiger partial charge on any atom is 0.417 e. The van der Waals surface area contributed by atoms with Gasteiger partial charge in [-0.15, -0.1) is 0 Å². The summed E-state index contributed by atoms with van der Waals surface area (Å²) in [4.78, 5) is 3.87. The summed E-state index contributed by atoms with van der Waals surface area (Å²) >= 11 is 8.60. The fourth-order valence-corrected chi connectivity index (χ4v) is 2.06. The lowest BCUT2D eigenvalue weighted by Gasteiger charge is -2.11. The fourth-order valence-electron chi connectivity index (χ4n) is 1.53. The van der Waals surface area contributed by atoms with Crippen molar-refractivity contribution in [2.45, 2.75) is 6.18 Å². The van der Waals surface area contributed by atoms with Gasteiger partial charge in [0.2, 0.25) is 0 Å². The first-order chi connectivity index (χ1) is 8.80. The first kappa shape index (κ1) is 14.1. The molecular formula is C12H6BrClF3NO. The third-order valence-corrected chi connectivity index (χ3v) is 3.39. The van der Waals surface area contributed by atoms with E-state index in [1.54, 1.807) is 0 Å². The van der Waals surface area contributed by atoms with Crippen molar-refractivity contribution in [3.63, 3.8) is 0 Å². The molecule has 2 nitrogen and oxygen atoms in total. The molecule has 7 heteroatoms. The van der Waals surface area contributed by atoms with Gasteiger partial charge in [-0.25, -0.2) is 0 Å². The number of benzene rings is 1. The molecule has 1 aromatic carbocycles. The fraction of sp³-hybridized carbons (Fsp3) is 0.0833. The van der Waals surface area contributed by atoms with Crippen molar-refractivity contribution >= 4 is 27.5 Å². The highest BCUT2D eigenvalue weighted by Gasteiger charge is 2.33. The van der Waals surface area contributed by atoms with Crippen LogP contribution in [0.25, 0.3) is 11.3 Å². The van der Waals surface area contributed by atoms with Gasteiger partial charge in [0, 0.05) is 11.8 Å². The van der Waals surface area contributed by atoms with Crippen molar-refractivity contribution in [2.24, 2.45) is 0 Å². The van der Waals surface area contributed by atoms with Crippen LogP contribution in [0.5, 0.6) is 5.75 Å². The lowest BCUT2D eigenvalue weighted by atomic mass is 10.1. The molecule has 1 heterocycles. The Morgan fingerprint density at radius 3 is 2.53 bits per heavy atom. The monoisotopic (exact) mass is 351 g/mol. The normalized spacial score (nSPS) is 11.6. The quantitative estimate of drug-likeness (QED) is 0.793. The van der Waals surface area contributed by atoms with E-state index in [0.29, 0.717) is 4.47 Å². The Labute approximate surface area is 120 Å².